The van der Waals surface area contributed by atoms with Gasteiger partial charge in [-0.3, -0.25) is 0 Å². The van der Waals surface area contributed by atoms with Crippen LogP contribution >= 0.6 is 0 Å². The zero-order chi connectivity index (χ0) is 16.2. The minimum absolute atomic E-state index is 0.568. The van der Waals surface area contributed by atoms with Crippen LogP contribution in [0.15, 0.2) is 46.9 Å². The fourth-order valence-electron chi connectivity index (χ4n) is 2.69. The Morgan fingerprint density at radius 1 is 1.04 bits per heavy atom. The molecule has 116 valence electrons. The lowest BCUT2D eigenvalue weighted by Gasteiger charge is -2.06. The Morgan fingerprint density at radius 3 is 2.48 bits per heavy atom. The normalized spacial score (nSPS) is 12.3. The number of nitrogens with one attached hydrogen (secondary N) is 1. The lowest BCUT2D eigenvalue weighted by molar-refractivity contribution is -0.137. The summed E-state index contributed by atoms with van der Waals surface area (Å²) in [5.74, 6) is 0.568. The summed E-state index contributed by atoms with van der Waals surface area (Å²) in [6.45, 7) is 1.77. The predicted molar refractivity (Wildman–Crippen MR) is 81.0 cm³/mol. The maximum Gasteiger partial charge on any atom is 0.416 e. The molecule has 1 N–H and O–H groups in total. The van der Waals surface area contributed by atoms with Crippen molar-refractivity contribution in [3.63, 3.8) is 0 Å². The Balaban J connectivity index is 1.84. The highest BCUT2D eigenvalue weighted by molar-refractivity contribution is 6.03. The molecule has 0 unspecified atom stereocenters. The molecule has 0 saturated carbocycles. The first-order chi connectivity index (χ1) is 10.9. The van der Waals surface area contributed by atoms with Crippen LogP contribution in [0.5, 0.6) is 0 Å². The second-order valence-corrected chi connectivity index (χ2v) is 5.37. The second-order valence-electron chi connectivity index (χ2n) is 5.37. The van der Waals surface area contributed by atoms with Gasteiger partial charge in [-0.05, 0) is 35.9 Å². The van der Waals surface area contributed by atoms with Crippen LogP contribution in [0.3, 0.4) is 0 Å². The van der Waals surface area contributed by atoms with Crippen molar-refractivity contribution in [3.8, 4) is 11.3 Å². The highest BCUT2D eigenvalue weighted by Crippen LogP contribution is 2.33. The largest absolute Gasteiger partial charge is 0.441 e. The standard InChI is InChI=1S/C17H11F3N2O/c1-9-21-16-14(23-9)7-4-11-8-13(22-15(11)16)10-2-5-12(6-3-10)17(18,19)20/h2-8,22H,1H3. The molecule has 0 amide bonds. The Morgan fingerprint density at radius 2 is 1.78 bits per heavy atom. The van der Waals surface area contributed by atoms with E-state index in [9.17, 15) is 13.2 Å². The molecule has 0 atom stereocenters. The van der Waals surface area contributed by atoms with Gasteiger partial charge in [0.1, 0.15) is 5.52 Å². The zero-order valence-electron chi connectivity index (χ0n) is 12.0. The van der Waals surface area contributed by atoms with Crippen molar-refractivity contribution < 1.29 is 17.6 Å². The summed E-state index contributed by atoms with van der Waals surface area (Å²) in [6, 6.07) is 10.7. The molecule has 0 bridgehead atoms. The minimum atomic E-state index is -4.33. The van der Waals surface area contributed by atoms with Gasteiger partial charge in [-0.1, -0.05) is 12.1 Å². The third kappa shape index (κ3) is 2.27. The van der Waals surface area contributed by atoms with E-state index in [1.54, 1.807) is 6.92 Å². The number of hydrogen-bond donors (Lipinski definition) is 1. The quantitative estimate of drug-likeness (QED) is 0.517. The second kappa shape index (κ2) is 4.62. The van der Waals surface area contributed by atoms with Crippen LogP contribution in [0.1, 0.15) is 11.5 Å². The van der Waals surface area contributed by atoms with E-state index >= 15 is 0 Å². The number of hydrogen-bond acceptors (Lipinski definition) is 2. The van der Waals surface area contributed by atoms with Gasteiger partial charge < -0.3 is 9.40 Å². The van der Waals surface area contributed by atoms with Crippen LogP contribution < -0.4 is 0 Å². The number of aryl methyl sites for hydroxylation is 1. The number of oxazole rings is 1. The summed E-state index contributed by atoms with van der Waals surface area (Å²) in [7, 11) is 0. The van der Waals surface area contributed by atoms with E-state index in [1.165, 1.54) is 12.1 Å². The summed E-state index contributed by atoms with van der Waals surface area (Å²) >= 11 is 0. The van der Waals surface area contributed by atoms with Crippen LogP contribution in [-0.4, -0.2) is 9.97 Å². The van der Waals surface area contributed by atoms with E-state index < -0.39 is 11.7 Å². The number of alkyl halides is 3. The van der Waals surface area contributed by atoms with Crippen LogP contribution in [0.4, 0.5) is 13.2 Å². The first kappa shape index (κ1) is 13.9. The molecule has 0 aliphatic rings. The van der Waals surface area contributed by atoms with Gasteiger partial charge in [-0.2, -0.15) is 13.2 Å². The average Bonchev–Trinajstić information content (AvgIpc) is 3.08. The highest BCUT2D eigenvalue weighted by Gasteiger charge is 2.30. The molecule has 23 heavy (non-hydrogen) atoms. The van der Waals surface area contributed by atoms with Crippen LogP contribution in [-0.2, 0) is 6.18 Å². The number of benzene rings is 2. The van der Waals surface area contributed by atoms with Crippen molar-refractivity contribution >= 4 is 22.0 Å². The fraction of sp³-hybridized carbons (Fsp3) is 0.118. The number of aromatic nitrogens is 2. The molecule has 3 nitrogen and oxygen atoms in total. The first-order valence-electron chi connectivity index (χ1n) is 6.98. The third-order valence-corrected chi connectivity index (χ3v) is 3.78. The molecule has 4 aromatic rings. The van der Waals surface area contributed by atoms with Crippen molar-refractivity contribution in [2.45, 2.75) is 13.1 Å². The van der Waals surface area contributed by atoms with Crippen molar-refractivity contribution in [3.05, 3.63) is 53.9 Å². The summed E-state index contributed by atoms with van der Waals surface area (Å²) in [5.41, 5.74) is 2.97. The van der Waals surface area contributed by atoms with Gasteiger partial charge in [0, 0.05) is 18.0 Å². The summed E-state index contributed by atoms with van der Waals surface area (Å²) in [4.78, 5) is 7.57. The molecule has 0 saturated heterocycles. The van der Waals surface area contributed by atoms with Gasteiger partial charge >= 0.3 is 6.18 Å². The number of halogens is 3. The van der Waals surface area contributed by atoms with Crippen molar-refractivity contribution in [2.75, 3.05) is 0 Å². The number of H-pyrrole nitrogens is 1. The summed E-state index contributed by atoms with van der Waals surface area (Å²) in [5, 5.41) is 0.931. The molecule has 2 heterocycles. The van der Waals surface area contributed by atoms with Gasteiger partial charge in [-0.25, -0.2) is 4.98 Å². The molecule has 2 aromatic carbocycles. The number of aromatic amines is 1. The van der Waals surface area contributed by atoms with Gasteiger partial charge in [-0.15, -0.1) is 0 Å². The molecule has 6 heteroatoms. The smallest absolute Gasteiger partial charge is 0.416 e. The average molecular weight is 316 g/mol. The SMILES string of the molecule is Cc1nc2c(ccc3cc(-c4ccc(C(F)(F)F)cc4)[nH]c32)o1. The van der Waals surface area contributed by atoms with E-state index in [4.69, 9.17) is 4.42 Å². The lowest BCUT2D eigenvalue weighted by Crippen LogP contribution is -2.03. The third-order valence-electron chi connectivity index (χ3n) is 3.78. The Labute approximate surface area is 128 Å². The number of rotatable bonds is 1. The van der Waals surface area contributed by atoms with Gasteiger partial charge in [0.15, 0.2) is 11.5 Å². The Kier molecular flexibility index (Phi) is 2.78. The molecule has 0 fully saturated rings. The van der Waals surface area contributed by atoms with Gasteiger partial charge in [0.2, 0.25) is 0 Å². The Bertz CT molecular complexity index is 1010. The molecule has 0 radical (unpaired) electrons. The molecule has 0 aliphatic heterocycles. The molecule has 2 aromatic heterocycles. The predicted octanol–water partition coefficient (Wildman–Crippen LogP) is 5.30. The lowest BCUT2D eigenvalue weighted by atomic mass is 10.1. The molecule has 0 aliphatic carbocycles. The molecule has 0 spiro atoms. The number of fused-ring (bicyclic) bond motifs is 3. The minimum Gasteiger partial charge on any atom is -0.441 e. The van der Waals surface area contributed by atoms with E-state index in [0.717, 1.165) is 34.2 Å². The fourth-order valence-corrected chi connectivity index (χ4v) is 2.69. The van der Waals surface area contributed by atoms with Gasteiger partial charge in [0.05, 0.1) is 11.1 Å². The summed E-state index contributed by atoms with van der Waals surface area (Å²) < 4.78 is 43.4. The van der Waals surface area contributed by atoms with E-state index in [2.05, 4.69) is 9.97 Å². The van der Waals surface area contributed by atoms with Crippen LogP contribution in [0.25, 0.3) is 33.3 Å². The number of nitrogens with zero attached hydrogens (tertiary/aromatic N) is 1. The van der Waals surface area contributed by atoms with E-state index in [-0.39, 0.29) is 0 Å². The van der Waals surface area contributed by atoms with E-state index in [1.807, 2.05) is 18.2 Å². The van der Waals surface area contributed by atoms with Gasteiger partial charge in [0.25, 0.3) is 0 Å². The van der Waals surface area contributed by atoms with Crippen LogP contribution in [0, 0.1) is 6.92 Å². The van der Waals surface area contributed by atoms with E-state index in [0.29, 0.717) is 17.0 Å². The molecular formula is C17H11F3N2O. The monoisotopic (exact) mass is 316 g/mol. The van der Waals surface area contributed by atoms with Crippen molar-refractivity contribution in [2.24, 2.45) is 0 Å². The van der Waals surface area contributed by atoms with Crippen LogP contribution in [0.2, 0.25) is 0 Å². The maximum atomic E-state index is 12.6. The van der Waals surface area contributed by atoms with Crippen molar-refractivity contribution in [1.82, 2.24) is 9.97 Å². The topological polar surface area (TPSA) is 41.8 Å². The van der Waals surface area contributed by atoms with Crippen molar-refractivity contribution in [1.29, 1.82) is 0 Å². The maximum absolute atomic E-state index is 12.6. The molecule has 4 rings (SSSR count). The Hall–Kier alpha value is -2.76. The summed E-state index contributed by atoms with van der Waals surface area (Å²) in [6.07, 6.45) is -4.33. The zero-order valence-corrected chi connectivity index (χ0v) is 12.0. The first-order valence-corrected chi connectivity index (χ1v) is 6.98. The molecular weight excluding hydrogens is 305 g/mol. The highest BCUT2D eigenvalue weighted by atomic mass is 19.4.